The van der Waals surface area contributed by atoms with Crippen LogP contribution in [0.5, 0.6) is 0 Å². The molecule has 1 heterocycles. The predicted octanol–water partition coefficient (Wildman–Crippen LogP) is 3.72. The molecular formula is C15H14F3NO2. The number of nitrogens with one attached hydrogen (secondary N) is 1. The molecular weight excluding hydrogens is 283 g/mol. The van der Waals surface area contributed by atoms with Gasteiger partial charge in [-0.3, -0.25) is 0 Å². The number of H-pyrrole nitrogens is 1. The van der Waals surface area contributed by atoms with E-state index < -0.39 is 17.7 Å². The topological polar surface area (TPSA) is 42.1 Å². The number of hydrogen-bond donors (Lipinski definition) is 1. The molecule has 0 bridgehead atoms. The second-order valence-corrected chi connectivity index (χ2v) is 4.68. The lowest BCUT2D eigenvalue weighted by Gasteiger charge is -2.09. The van der Waals surface area contributed by atoms with Gasteiger partial charge in [0, 0.05) is 11.9 Å². The Morgan fingerprint density at radius 2 is 2.05 bits per heavy atom. The van der Waals surface area contributed by atoms with E-state index in [9.17, 15) is 18.0 Å². The molecule has 0 atom stereocenters. The summed E-state index contributed by atoms with van der Waals surface area (Å²) in [7, 11) is 1.27. The molecule has 0 aliphatic rings. The van der Waals surface area contributed by atoms with Crippen molar-refractivity contribution in [2.24, 2.45) is 0 Å². The van der Waals surface area contributed by atoms with E-state index >= 15 is 0 Å². The Bertz CT molecular complexity index is 659. The molecule has 3 nitrogen and oxygen atoms in total. The highest BCUT2D eigenvalue weighted by Crippen LogP contribution is 2.30. The van der Waals surface area contributed by atoms with Gasteiger partial charge in [0.25, 0.3) is 0 Å². The third-order valence-electron chi connectivity index (χ3n) is 3.20. The molecule has 0 aliphatic carbocycles. The number of hydrogen-bond acceptors (Lipinski definition) is 2. The molecule has 21 heavy (non-hydrogen) atoms. The van der Waals surface area contributed by atoms with Gasteiger partial charge in [-0.05, 0) is 30.5 Å². The SMILES string of the molecule is COC(=O)c1c(Cc2cccc(C(F)(F)F)c2)c[nH]c1C. The van der Waals surface area contributed by atoms with E-state index in [1.54, 1.807) is 19.2 Å². The van der Waals surface area contributed by atoms with E-state index in [4.69, 9.17) is 4.74 Å². The minimum absolute atomic E-state index is 0.221. The number of aryl methyl sites for hydroxylation is 1. The lowest BCUT2D eigenvalue weighted by molar-refractivity contribution is -0.137. The summed E-state index contributed by atoms with van der Waals surface area (Å²) >= 11 is 0. The summed E-state index contributed by atoms with van der Waals surface area (Å²) in [5.41, 5.74) is 1.39. The quantitative estimate of drug-likeness (QED) is 0.877. The molecule has 0 amide bonds. The Morgan fingerprint density at radius 1 is 1.33 bits per heavy atom. The fourth-order valence-electron chi connectivity index (χ4n) is 2.18. The van der Waals surface area contributed by atoms with E-state index in [-0.39, 0.29) is 6.42 Å². The number of rotatable bonds is 3. The average Bonchev–Trinajstić information content (AvgIpc) is 2.78. The largest absolute Gasteiger partial charge is 0.465 e. The van der Waals surface area contributed by atoms with Crippen molar-refractivity contribution in [3.63, 3.8) is 0 Å². The normalized spacial score (nSPS) is 11.5. The highest BCUT2D eigenvalue weighted by Gasteiger charge is 2.30. The monoisotopic (exact) mass is 297 g/mol. The van der Waals surface area contributed by atoms with Crippen LogP contribution in [-0.4, -0.2) is 18.1 Å². The second kappa shape index (κ2) is 5.63. The minimum atomic E-state index is -4.38. The fourth-order valence-corrected chi connectivity index (χ4v) is 2.18. The van der Waals surface area contributed by atoms with Gasteiger partial charge >= 0.3 is 12.1 Å². The first kappa shape index (κ1) is 15.2. The minimum Gasteiger partial charge on any atom is -0.465 e. The van der Waals surface area contributed by atoms with Crippen molar-refractivity contribution in [3.8, 4) is 0 Å². The highest BCUT2D eigenvalue weighted by molar-refractivity contribution is 5.92. The van der Waals surface area contributed by atoms with E-state index in [0.29, 0.717) is 22.4 Å². The van der Waals surface area contributed by atoms with Gasteiger partial charge in [0.1, 0.15) is 0 Å². The lowest BCUT2D eigenvalue weighted by Crippen LogP contribution is -2.07. The standard InChI is InChI=1S/C15H14F3NO2/c1-9-13(14(20)21-2)11(8-19-9)6-10-4-3-5-12(7-10)15(16,17)18/h3-5,7-8,19H,6H2,1-2H3. The van der Waals surface area contributed by atoms with Crippen LogP contribution in [-0.2, 0) is 17.3 Å². The summed E-state index contributed by atoms with van der Waals surface area (Å²) in [6.45, 7) is 1.71. The van der Waals surface area contributed by atoms with Crippen LogP contribution in [0.1, 0.15) is 32.7 Å². The summed E-state index contributed by atoms with van der Waals surface area (Å²) in [5, 5.41) is 0. The van der Waals surface area contributed by atoms with Crippen LogP contribution < -0.4 is 0 Å². The van der Waals surface area contributed by atoms with Crippen LogP contribution in [0, 0.1) is 6.92 Å². The summed E-state index contributed by atoms with van der Waals surface area (Å²) in [5.74, 6) is -0.504. The molecule has 0 saturated heterocycles. The summed E-state index contributed by atoms with van der Waals surface area (Å²) in [4.78, 5) is 14.6. The lowest BCUT2D eigenvalue weighted by atomic mass is 10.0. The number of benzene rings is 1. The first-order chi connectivity index (χ1) is 9.82. The van der Waals surface area contributed by atoms with Crippen LogP contribution in [0.15, 0.2) is 30.5 Å². The molecule has 0 fully saturated rings. The number of carbonyl (C=O) groups is 1. The number of methoxy groups -OCH3 is 1. The van der Waals surface area contributed by atoms with Crippen molar-refractivity contribution in [2.45, 2.75) is 19.5 Å². The maximum Gasteiger partial charge on any atom is 0.416 e. The van der Waals surface area contributed by atoms with Gasteiger partial charge in [-0.1, -0.05) is 18.2 Å². The average molecular weight is 297 g/mol. The molecule has 1 aromatic heterocycles. The Balaban J connectivity index is 2.33. The van der Waals surface area contributed by atoms with E-state index in [1.807, 2.05) is 0 Å². The van der Waals surface area contributed by atoms with Crippen LogP contribution in [0.25, 0.3) is 0 Å². The van der Waals surface area contributed by atoms with Gasteiger partial charge in [0.05, 0.1) is 18.2 Å². The van der Waals surface area contributed by atoms with E-state index in [0.717, 1.165) is 12.1 Å². The highest BCUT2D eigenvalue weighted by atomic mass is 19.4. The van der Waals surface area contributed by atoms with Gasteiger partial charge in [-0.2, -0.15) is 13.2 Å². The van der Waals surface area contributed by atoms with Crippen molar-refractivity contribution < 1.29 is 22.7 Å². The molecule has 0 aliphatic heterocycles. The number of halogens is 3. The fraction of sp³-hybridized carbons (Fsp3) is 0.267. The number of aromatic nitrogens is 1. The first-order valence-electron chi connectivity index (χ1n) is 6.24. The van der Waals surface area contributed by atoms with Crippen molar-refractivity contribution in [1.29, 1.82) is 0 Å². The van der Waals surface area contributed by atoms with Gasteiger partial charge in [0.15, 0.2) is 0 Å². The molecule has 112 valence electrons. The number of esters is 1. The van der Waals surface area contributed by atoms with Gasteiger partial charge in [-0.25, -0.2) is 4.79 Å². The smallest absolute Gasteiger partial charge is 0.416 e. The number of alkyl halides is 3. The Labute approximate surface area is 119 Å². The molecule has 0 radical (unpaired) electrons. The molecule has 1 N–H and O–H groups in total. The summed E-state index contributed by atoms with van der Waals surface area (Å²) < 4.78 is 42.8. The third kappa shape index (κ3) is 3.26. The first-order valence-corrected chi connectivity index (χ1v) is 6.24. The van der Waals surface area contributed by atoms with E-state index in [2.05, 4.69) is 4.98 Å². The van der Waals surface area contributed by atoms with Gasteiger partial charge in [0.2, 0.25) is 0 Å². The number of ether oxygens (including phenoxy) is 1. The third-order valence-corrected chi connectivity index (χ3v) is 3.20. The number of carbonyl (C=O) groups excluding carboxylic acids is 1. The Hall–Kier alpha value is -2.24. The van der Waals surface area contributed by atoms with Crippen LogP contribution in [0.2, 0.25) is 0 Å². The van der Waals surface area contributed by atoms with Gasteiger partial charge in [-0.15, -0.1) is 0 Å². The van der Waals surface area contributed by atoms with Crippen molar-refractivity contribution in [3.05, 3.63) is 58.4 Å². The maximum absolute atomic E-state index is 12.7. The van der Waals surface area contributed by atoms with Gasteiger partial charge < -0.3 is 9.72 Å². The Morgan fingerprint density at radius 3 is 2.67 bits per heavy atom. The van der Waals surface area contributed by atoms with E-state index in [1.165, 1.54) is 13.2 Å². The molecule has 0 saturated carbocycles. The predicted molar refractivity (Wildman–Crippen MR) is 71.1 cm³/mol. The maximum atomic E-state index is 12.7. The molecule has 6 heteroatoms. The van der Waals surface area contributed by atoms with Crippen LogP contribution in [0.3, 0.4) is 0 Å². The molecule has 2 aromatic rings. The molecule has 1 aromatic carbocycles. The zero-order valence-electron chi connectivity index (χ0n) is 11.5. The zero-order chi connectivity index (χ0) is 15.6. The summed E-state index contributed by atoms with van der Waals surface area (Å²) in [6.07, 6.45) is -2.55. The Kier molecular flexibility index (Phi) is 4.06. The second-order valence-electron chi connectivity index (χ2n) is 4.68. The van der Waals surface area contributed by atoms with Crippen LogP contribution in [0.4, 0.5) is 13.2 Å². The summed E-state index contributed by atoms with van der Waals surface area (Å²) in [6, 6.07) is 5.06. The molecule has 0 unspecified atom stereocenters. The number of aromatic amines is 1. The zero-order valence-corrected chi connectivity index (χ0v) is 11.5. The van der Waals surface area contributed by atoms with Crippen LogP contribution >= 0.6 is 0 Å². The molecule has 2 rings (SSSR count). The van der Waals surface area contributed by atoms with Crippen molar-refractivity contribution in [2.75, 3.05) is 7.11 Å². The van der Waals surface area contributed by atoms with Crippen molar-refractivity contribution in [1.82, 2.24) is 4.98 Å². The molecule has 0 spiro atoms. The van der Waals surface area contributed by atoms with Crippen molar-refractivity contribution >= 4 is 5.97 Å².